The summed E-state index contributed by atoms with van der Waals surface area (Å²) < 4.78 is 31.8. The lowest BCUT2D eigenvalue weighted by atomic mass is 9.71. The van der Waals surface area contributed by atoms with Crippen LogP contribution in [0.4, 0.5) is 0 Å². The Morgan fingerprint density at radius 2 is 1.24 bits per heavy atom. The third kappa shape index (κ3) is 4.34. The zero-order chi connectivity index (χ0) is 26.2. The number of ketones is 1. The molecule has 5 rings (SSSR count). The molecule has 0 saturated heterocycles. The molecule has 0 aromatic heterocycles. The number of aromatic hydroxyl groups is 1. The number of phenols is 1. The van der Waals surface area contributed by atoms with Crippen LogP contribution in [0.3, 0.4) is 0 Å². The Morgan fingerprint density at radius 3 is 1.86 bits per heavy atom. The van der Waals surface area contributed by atoms with Crippen LogP contribution in [0.2, 0.25) is 0 Å². The van der Waals surface area contributed by atoms with Crippen molar-refractivity contribution in [3.63, 3.8) is 0 Å². The van der Waals surface area contributed by atoms with Gasteiger partial charge in [-0.3, -0.25) is 10.2 Å². The molecule has 184 valence electrons. The van der Waals surface area contributed by atoms with Crippen molar-refractivity contribution in [2.24, 2.45) is 0 Å². The molecule has 6 nitrogen and oxygen atoms in total. The zero-order valence-corrected chi connectivity index (χ0v) is 20.7. The maximum Gasteiger partial charge on any atom is 0.339 e. The van der Waals surface area contributed by atoms with Crippen LogP contribution in [-0.4, -0.2) is 25.0 Å². The summed E-state index contributed by atoms with van der Waals surface area (Å²) >= 11 is 0. The minimum atomic E-state index is -4.32. The Bertz CT molecular complexity index is 1640. The second-order valence-corrected chi connectivity index (χ2v) is 10.4. The number of nitrogens with one attached hydrogen (secondary N) is 1. The highest BCUT2D eigenvalue weighted by atomic mass is 32.2. The SMILES string of the molecule is CC(c1ccccc1)(c1ccc(O)cc1)c1ccc(OS(=O)(=O)C2=CC(=N)C(=O)c3ccccc32)cc1. The van der Waals surface area contributed by atoms with Crippen molar-refractivity contribution in [2.75, 3.05) is 0 Å². The van der Waals surface area contributed by atoms with Crippen molar-refractivity contribution in [1.82, 2.24) is 0 Å². The molecule has 4 aromatic rings. The Hall–Kier alpha value is -4.49. The first-order chi connectivity index (χ1) is 17.7. The van der Waals surface area contributed by atoms with E-state index in [-0.39, 0.29) is 27.5 Å². The molecule has 0 radical (unpaired) electrons. The fourth-order valence-corrected chi connectivity index (χ4v) is 5.77. The lowest BCUT2D eigenvalue weighted by Gasteiger charge is -2.32. The lowest BCUT2D eigenvalue weighted by Crippen LogP contribution is -2.25. The van der Waals surface area contributed by atoms with Crippen LogP contribution in [-0.2, 0) is 15.5 Å². The second-order valence-electron chi connectivity index (χ2n) is 8.90. The third-order valence-electron chi connectivity index (χ3n) is 6.66. The highest BCUT2D eigenvalue weighted by Gasteiger charge is 2.33. The second kappa shape index (κ2) is 9.19. The minimum absolute atomic E-state index is 0.103. The van der Waals surface area contributed by atoms with E-state index in [1.807, 2.05) is 42.5 Å². The van der Waals surface area contributed by atoms with E-state index in [1.54, 1.807) is 48.5 Å². The molecule has 7 heteroatoms. The molecule has 0 bridgehead atoms. The van der Waals surface area contributed by atoms with Crippen LogP contribution in [0.15, 0.2) is 109 Å². The standard InChI is InChI=1S/C30H23NO5S/c1-30(20-7-3-2-4-8-20,21-11-15-23(32)16-12-21)22-13-17-24(18-14-22)36-37(34,35)28-19-27(31)29(33)26-10-6-5-9-25(26)28/h2-19,31-32H,1H3. The number of hydrogen-bond donors (Lipinski definition) is 2. The molecule has 0 amide bonds. The Kier molecular flexibility index (Phi) is 6.01. The van der Waals surface area contributed by atoms with Gasteiger partial charge in [-0.25, -0.2) is 0 Å². The summed E-state index contributed by atoms with van der Waals surface area (Å²) in [5.41, 5.74) is 2.22. The first-order valence-corrected chi connectivity index (χ1v) is 13.0. The minimum Gasteiger partial charge on any atom is -0.508 e. The van der Waals surface area contributed by atoms with Gasteiger partial charge in [0.25, 0.3) is 0 Å². The van der Waals surface area contributed by atoms with Gasteiger partial charge in [-0.1, -0.05) is 78.9 Å². The summed E-state index contributed by atoms with van der Waals surface area (Å²) in [5.74, 6) is -0.263. The molecule has 4 aromatic carbocycles. The molecular weight excluding hydrogens is 486 g/mol. The molecule has 0 aliphatic heterocycles. The average molecular weight is 510 g/mol. The molecule has 0 spiro atoms. The first kappa shape index (κ1) is 24.2. The lowest BCUT2D eigenvalue weighted by molar-refractivity contribution is 0.106. The summed E-state index contributed by atoms with van der Waals surface area (Å²) in [7, 11) is -4.32. The summed E-state index contributed by atoms with van der Waals surface area (Å²) in [5, 5.41) is 17.7. The van der Waals surface area contributed by atoms with Crippen molar-refractivity contribution in [3.8, 4) is 11.5 Å². The summed E-state index contributed by atoms with van der Waals surface area (Å²) in [4.78, 5) is 12.1. The largest absolute Gasteiger partial charge is 0.508 e. The molecule has 1 unspecified atom stereocenters. The van der Waals surface area contributed by atoms with E-state index < -0.39 is 27.0 Å². The van der Waals surface area contributed by atoms with E-state index in [4.69, 9.17) is 9.59 Å². The zero-order valence-electron chi connectivity index (χ0n) is 19.9. The number of phenolic OH excluding ortho intramolecular Hbond substituents is 1. The van der Waals surface area contributed by atoms with E-state index in [0.717, 1.165) is 22.8 Å². The molecular formula is C30H23NO5S. The Morgan fingerprint density at radius 1 is 0.730 bits per heavy atom. The van der Waals surface area contributed by atoms with E-state index in [9.17, 15) is 18.3 Å². The van der Waals surface area contributed by atoms with Crippen molar-refractivity contribution in [1.29, 1.82) is 5.41 Å². The van der Waals surface area contributed by atoms with Gasteiger partial charge in [0, 0.05) is 16.5 Å². The van der Waals surface area contributed by atoms with Gasteiger partial charge in [0.15, 0.2) is 0 Å². The van der Waals surface area contributed by atoms with E-state index in [2.05, 4.69) is 6.92 Å². The molecule has 1 aliphatic carbocycles. The van der Waals surface area contributed by atoms with Crippen LogP contribution in [0.5, 0.6) is 11.5 Å². The summed E-state index contributed by atoms with van der Waals surface area (Å²) in [6.45, 7) is 2.06. The third-order valence-corrected chi connectivity index (χ3v) is 7.95. The molecule has 1 atom stereocenters. The van der Waals surface area contributed by atoms with Crippen LogP contribution >= 0.6 is 0 Å². The fraction of sp³-hybridized carbons (Fsp3) is 0.0667. The topological polar surface area (TPSA) is 105 Å². The number of allylic oxidation sites excluding steroid dienone is 1. The van der Waals surface area contributed by atoms with Gasteiger partial charge in [0.2, 0.25) is 5.78 Å². The molecule has 1 aliphatic rings. The van der Waals surface area contributed by atoms with Crippen LogP contribution in [0.25, 0.3) is 4.91 Å². The number of Topliss-reactive ketones (excluding diaryl/α,β-unsaturated/α-hetero) is 1. The highest BCUT2D eigenvalue weighted by molar-refractivity contribution is 7.96. The van der Waals surface area contributed by atoms with Crippen LogP contribution < -0.4 is 4.18 Å². The number of rotatable bonds is 6. The molecule has 0 fully saturated rings. The van der Waals surface area contributed by atoms with Crippen molar-refractivity contribution in [2.45, 2.75) is 12.3 Å². The van der Waals surface area contributed by atoms with Crippen molar-refractivity contribution < 1.29 is 22.5 Å². The Labute approximate surface area is 215 Å². The monoisotopic (exact) mass is 509 g/mol. The molecule has 2 N–H and O–H groups in total. The Balaban J connectivity index is 1.51. The summed E-state index contributed by atoms with van der Waals surface area (Å²) in [6.07, 6.45) is 1.03. The maximum absolute atomic E-state index is 13.2. The van der Waals surface area contributed by atoms with E-state index in [1.165, 1.54) is 12.1 Å². The quantitative estimate of drug-likeness (QED) is 0.256. The molecule has 0 heterocycles. The van der Waals surface area contributed by atoms with Gasteiger partial charge >= 0.3 is 10.1 Å². The first-order valence-electron chi connectivity index (χ1n) is 11.5. The predicted molar refractivity (Wildman–Crippen MR) is 143 cm³/mol. The number of fused-ring (bicyclic) bond motifs is 1. The van der Waals surface area contributed by atoms with Gasteiger partial charge in [-0.05, 0) is 54.0 Å². The van der Waals surface area contributed by atoms with E-state index >= 15 is 0 Å². The highest BCUT2D eigenvalue weighted by Crippen LogP contribution is 2.40. The van der Waals surface area contributed by atoms with Gasteiger partial charge in [-0.15, -0.1) is 0 Å². The van der Waals surface area contributed by atoms with Gasteiger partial charge in [0.1, 0.15) is 22.1 Å². The fourth-order valence-electron chi connectivity index (χ4n) is 4.60. The van der Waals surface area contributed by atoms with Crippen LogP contribution in [0, 0.1) is 5.41 Å². The predicted octanol–water partition coefficient (Wildman–Crippen LogP) is 5.71. The van der Waals surface area contributed by atoms with Crippen molar-refractivity contribution in [3.05, 3.63) is 137 Å². The number of hydrogen-bond acceptors (Lipinski definition) is 6. The number of benzene rings is 4. The molecule has 37 heavy (non-hydrogen) atoms. The molecule has 0 saturated carbocycles. The average Bonchev–Trinajstić information content (AvgIpc) is 2.91. The van der Waals surface area contributed by atoms with Crippen molar-refractivity contribution >= 4 is 26.5 Å². The number of carbonyl (C=O) groups is 1. The summed E-state index contributed by atoms with van der Waals surface area (Å²) in [6, 6.07) is 29.9. The van der Waals surface area contributed by atoms with E-state index in [0.29, 0.717) is 0 Å². The van der Waals surface area contributed by atoms with Crippen LogP contribution in [0.1, 0.15) is 39.5 Å². The maximum atomic E-state index is 13.2. The van der Waals surface area contributed by atoms with Gasteiger partial charge < -0.3 is 9.29 Å². The normalized spacial score (nSPS) is 14.9. The number of carbonyl (C=O) groups excluding carboxylic acids is 1. The smallest absolute Gasteiger partial charge is 0.339 e. The van der Waals surface area contributed by atoms with Gasteiger partial charge in [0.05, 0.1) is 0 Å². The van der Waals surface area contributed by atoms with Gasteiger partial charge in [-0.2, -0.15) is 8.42 Å².